The molecule has 1 fully saturated rings. The minimum Gasteiger partial charge on any atom is -0.468 e. The lowest BCUT2D eigenvalue weighted by Crippen LogP contribution is -2.52. The van der Waals surface area contributed by atoms with Crippen LogP contribution in [0.25, 0.3) is 0 Å². The molecule has 0 amide bonds. The van der Waals surface area contributed by atoms with Crippen LogP contribution in [0.3, 0.4) is 0 Å². The first-order chi connectivity index (χ1) is 8.24. The molecule has 1 aromatic rings. The minimum atomic E-state index is -0.0618. The SMILES string of the molecule is CC(N)C(c1ccco1)N1CCOCC1CO. The van der Waals surface area contributed by atoms with E-state index >= 15 is 0 Å². The zero-order valence-corrected chi connectivity index (χ0v) is 10.1. The van der Waals surface area contributed by atoms with E-state index in [4.69, 9.17) is 14.9 Å². The van der Waals surface area contributed by atoms with Gasteiger partial charge in [0.15, 0.2) is 0 Å². The molecule has 2 heterocycles. The van der Waals surface area contributed by atoms with Gasteiger partial charge in [-0.3, -0.25) is 4.90 Å². The Bertz CT molecular complexity index is 327. The Labute approximate surface area is 101 Å². The molecule has 0 aliphatic carbocycles. The number of hydrogen-bond donors (Lipinski definition) is 2. The average molecular weight is 240 g/mol. The Kier molecular flexibility index (Phi) is 4.17. The molecule has 3 atom stereocenters. The molecule has 5 nitrogen and oxygen atoms in total. The van der Waals surface area contributed by atoms with Crippen molar-refractivity contribution in [1.82, 2.24) is 4.90 Å². The van der Waals surface area contributed by atoms with Gasteiger partial charge < -0.3 is 20.0 Å². The molecule has 0 aromatic carbocycles. The van der Waals surface area contributed by atoms with Crippen LogP contribution in [-0.4, -0.2) is 48.5 Å². The quantitative estimate of drug-likeness (QED) is 0.795. The molecule has 1 aliphatic rings. The number of aliphatic hydroxyl groups excluding tert-OH is 1. The molecule has 1 aliphatic heterocycles. The lowest BCUT2D eigenvalue weighted by molar-refractivity contribution is -0.0553. The van der Waals surface area contributed by atoms with Crippen LogP contribution in [0, 0.1) is 0 Å². The maximum absolute atomic E-state index is 9.40. The maximum Gasteiger partial charge on any atom is 0.122 e. The molecule has 3 unspecified atom stereocenters. The summed E-state index contributed by atoms with van der Waals surface area (Å²) in [5.74, 6) is 0.848. The van der Waals surface area contributed by atoms with E-state index in [1.165, 1.54) is 0 Å². The molecular formula is C12H20N2O3. The highest BCUT2D eigenvalue weighted by molar-refractivity contribution is 5.08. The summed E-state index contributed by atoms with van der Waals surface area (Å²) in [5.41, 5.74) is 6.05. The van der Waals surface area contributed by atoms with Gasteiger partial charge in [-0.2, -0.15) is 0 Å². The van der Waals surface area contributed by atoms with Crippen molar-refractivity contribution in [3.8, 4) is 0 Å². The molecule has 2 rings (SSSR count). The summed E-state index contributed by atoms with van der Waals surface area (Å²) in [4.78, 5) is 2.17. The van der Waals surface area contributed by atoms with E-state index in [0.29, 0.717) is 13.2 Å². The van der Waals surface area contributed by atoms with E-state index in [0.717, 1.165) is 12.3 Å². The molecule has 1 saturated heterocycles. The van der Waals surface area contributed by atoms with Crippen molar-refractivity contribution in [2.45, 2.75) is 25.0 Å². The summed E-state index contributed by atoms with van der Waals surface area (Å²) in [6.07, 6.45) is 1.65. The normalized spacial score (nSPS) is 25.7. The number of morpholine rings is 1. The van der Waals surface area contributed by atoms with Gasteiger partial charge in [0.25, 0.3) is 0 Å². The van der Waals surface area contributed by atoms with Crippen LogP contribution in [0.15, 0.2) is 22.8 Å². The van der Waals surface area contributed by atoms with Gasteiger partial charge in [-0.25, -0.2) is 0 Å². The molecule has 3 N–H and O–H groups in total. The summed E-state index contributed by atoms with van der Waals surface area (Å²) in [7, 11) is 0. The second kappa shape index (κ2) is 5.64. The lowest BCUT2D eigenvalue weighted by atomic mass is 10.0. The number of ether oxygens (including phenoxy) is 1. The molecule has 5 heteroatoms. The molecule has 1 aromatic heterocycles. The van der Waals surface area contributed by atoms with Gasteiger partial charge >= 0.3 is 0 Å². The van der Waals surface area contributed by atoms with Gasteiger partial charge in [-0.1, -0.05) is 0 Å². The predicted molar refractivity (Wildman–Crippen MR) is 63.5 cm³/mol. The zero-order chi connectivity index (χ0) is 12.3. The van der Waals surface area contributed by atoms with Gasteiger partial charge in [0.05, 0.1) is 38.2 Å². The lowest BCUT2D eigenvalue weighted by Gasteiger charge is -2.40. The van der Waals surface area contributed by atoms with E-state index in [9.17, 15) is 5.11 Å². The predicted octanol–water partition coefficient (Wildman–Crippen LogP) is 0.361. The molecular weight excluding hydrogens is 220 g/mol. The van der Waals surface area contributed by atoms with Crippen molar-refractivity contribution in [2.24, 2.45) is 5.73 Å². The van der Waals surface area contributed by atoms with Crippen LogP contribution in [0.4, 0.5) is 0 Å². The van der Waals surface area contributed by atoms with E-state index in [2.05, 4.69) is 4.90 Å². The van der Waals surface area contributed by atoms with Gasteiger partial charge in [-0.15, -0.1) is 0 Å². The zero-order valence-electron chi connectivity index (χ0n) is 10.1. The monoisotopic (exact) mass is 240 g/mol. The number of rotatable bonds is 4. The number of nitrogens with zero attached hydrogens (tertiary/aromatic N) is 1. The van der Waals surface area contributed by atoms with E-state index in [1.807, 2.05) is 19.1 Å². The highest BCUT2D eigenvalue weighted by atomic mass is 16.5. The second-order valence-electron chi connectivity index (χ2n) is 4.47. The van der Waals surface area contributed by atoms with Crippen LogP contribution in [0.1, 0.15) is 18.7 Å². The van der Waals surface area contributed by atoms with Crippen molar-refractivity contribution in [3.05, 3.63) is 24.2 Å². The van der Waals surface area contributed by atoms with Crippen LogP contribution >= 0.6 is 0 Å². The summed E-state index contributed by atoms with van der Waals surface area (Å²) >= 11 is 0. The number of hydrogen-bond acceptors (Lipinski definition) is 5. The molecule has 0 radical (unpaired) electrons. The van der Waals surface area contributed by atoms with E-state index in [1.54, 1.807) is 6.26 Å². The van der Waals surface area contributed by atoms with Gasteiger partial charge in [-0.05, 0) is 19.1 Å². The third-order valence-electron chi connectivity index (χ3n) is 3.17. The third kappa shape index (κ3) is 2.69. The topological polar surface area (TPSA) is 71.9 Å². The fraction of sp³-hybridized carbons (Fsp3) is 0.667. The smallest absolute Gasteiger partial charge is 0.122 e. The van der Waals surface area contributed by atoms with Crippen molar-refractivity contribution >= 4 is 0 Å². The van der Waals surface area contributed by atoms with Crippen LogP contribution in [-0.2, 0) is 4.74 Å². The summed E-state index contributed by atoms with van der Waals surface area (Å²) in [5, 5.41) is 9.40. The fourth-order valence-corrected chi connectivity index (χ4v) is 2.38. The van der Waals surface area contributed by atoms with Gasteiger partial charge in [0.2, 0.25) is 0 Å². The Balaban J connectivity index is 2.20. The van der Waals surface area contributed by atoms with Crippen molar-refractivity contribution in [3.63, 3.8) is 0 Å². The summed E-state index contributed by atoms with van der Waals surface area (Å²) in [6, 6.07) is 3.71. The molecule has 0 saturated carbocycles. The minimum absolute atomic E-state index is 0.00829. The summed E-state index contributed by atoms with van der Waals surface area (Å²) in [6.45, 7) is 4.00. The average Bonchev–Trinajstić information content (AvgIpc) is 2.83. The van der Waals surface area contributed by atoms with Crippen molar-refractivity contribution < 1.29 is 14.3 Å². The van der Waals surface area contributed by atoms with Crippen LogP contribution in [0.5, 0.6) is 0 Å². The molecule has 17 heavy (non-hydrogen) atoms. The van der Waals surface area contributed by atoms with Gasteiger partial charge in [0, 0.05) is 12.6 Å². The first kappa shape index (κ1) is 12.6. The highest BCUT2D eigenvalue weighted by Crippen LogP contribution is 2.27. The maximum atomic E-state index is 9.40. The van der Waals surface area contributed by atoms with Crippen molar-refractivity contribution in [1.29, 1.82) is 0 Å². The van der Waals surface area contributed by atoms with Crippen LogP contribution < -0.4 is 5.73 Å². The Morgan fingerprint density at radius 2 is 2.47 bits per heavy atom. The highest BCUT2D eigenvalue weighted by Gasteiger charge is 2.33. The number of nitrogens with two attached hydrogens (primary N) is 1. The molecule has 96 valence electrons. The standard InChI is InChI=1S/C12H20N2O3/c1-9(13)12(11-3-2-5-17-11)14-4-6-16-8-10(14)7-15/h2-3,5,9-10,12,15H,4,6-8,13H2,1H3. The van der Waals surface area contributed by atoms with Crippen LogP contribution in [0.2, 0.25) is 0 Å². The Hall–Kier alpha value is -0.880. The number of furan rings is 1. The Morgan fingerprint density at radius 3 is 3.06 bits per heavy atom. The molecule has 0 bridgehead atoms. The van der Waals surface area contributed by atoms with Gasteiger partial charge in [0.1, 0.15) is 5.76 Å². The first-order valence-corrected chi connectivity index (χ1v) is 5.97. The van der Waals surface area contributed by atoms with E-state index in [-0.39, 0.29) is 24.7 Å². The Morgan fingerprint density at radius 1 is 1.65 bits per heavy atom. The van der Waals surface area contributed by atoms with E-state index < -0.39 is 0 Å². The fourth-order valence-electron chi connectivity index (χ4n) is 2.38. The first-order valence-electron chi connectivity index (χ1n) is 5.97. The largest absolute Gasteiger partial charge is 0.468 e. The third-order valence-corrected chi connectivity index (χ3v) is 3.17. The summed E-state index contributed by atoms with van der Waals surface area (Å²) < 4.78 is 10.8. The van der Waals surface area contributed by atoms with Crippen molar-refractivity contribution in [2.75, 3.05) is 26.4 Å². The number of aliphatic hydroxyl groups is 1. The second-order valence-corrected chi connectivity index (χ2v) is 4.47. The molecule has 0 spiro atoms.